The Bertz CT molecular complexity index is 4350. The van der Waals surface area contributed by atoms with Crippen molar-refractivity contribution in [2.24, 2.45) is 0 Å². The normalized spacial score (nSPS) is 13.5. The number of benzene rings is 12. The molecule has 0 aliphatic heterocycles. The van der Waals surface area contributed by atoms with Gasteiger partial charge in [0, 0.05) is 44.6 Å². The molecule has 0 atom stereocenters. The fourth-order valence-corrected chi connectivity index (χ4v) is 13.3. The molecule has 1 heterocycles. The number of rotatable bonds is 9. The Kier molecular flexibility index (Phi) is 10.1. The molecule has 77 heavy (non-hydrogen) atoms. The average Bonchev–Trinajstić information content (AvgIpc) is 4.22. The van der Waals surface area contributed by atoms with E-state index in [0.717, 1.165) is 67.2 Å². The molecular weight excluding hydrogens is 933 g/mol. The second kappa shape index (κ2) is 17.4. The Labute approximate surface area is 449 Å². The molecule has 0 saturated heterocycles. The fourth-order valence-electron chi connectivity index (χ4n) is 13.3. The van der Waals surface area contributed by atoms with Gasteiger partial charge in [0.1, 0.15) is 5.58 Å². The maximum atomic E-state index is 7.04. The molecule has 0 saturated carbocycles. The fraction of sp³-hybridized carbons (Fsp3) is 0.0541. The molecule has 0 N–H and O–H groups in total. The molecule has 0 bridgehead atoms. The number of nitrogens with zero attached hydrogens (tertiary/aromatic N) is 2. The third-order valence-electron chi connectivity index (χ3n) is 16.6. The molecule has 15 rings (SSSR count). The van der Waals surface area contributed by atoms with Gasteiger partial charge in [-0.3, -0.25) is 0 Å². The summed E-state index contributed by atoms with van der Waals surface area (Å²) in [6.07, 6.45) is 0. The molecule has 0 amide bonds. The zero-order chi connectivity index (χ0) is 51.2. The SMILES string of the molecule is CC1(C)c2cc(-c3cc(N(c4ccccc4)c4ccccc4)cc(N(c4ccc5c(c4)C(c4ccccc4)(c4ccccc4)c4ccccc4-5)c4cccc5c4oc4ccccc45)c3)ccc2-c2ccc3ccccc3c21. The van der Waals surface area contributed by atoms with Crippen molar-refractivity contribution in [3.63, 3.8) is 0 Å². The van der Waals surface area contributed by atoms with Gasteiger partial charge in [-0.05, 0) is 150 Å². The monoisotopic (exact) mass is 984 g/mol. The maximum absolute atomic E-state index is 7.04. The zero-order valence-corrected chi connectivity index (χ0v) is 42.9. The van der Waals surface area contributed by atoms with Gasteiger partial charge in [0.15, 0.2) is 5.58 Å². The molecule has 0 spiro atoms. The summed E-state index contributed by atoms with van der Waals surface area (Å²) >= 11 is 0. The van der Waals surface area contributed by atoms with E-state index in [0.29, 0.717) is 0 Å². The van der Waals surface area contributed by atoms with Crippen molar-refractivity contribution < 1.29 is 4.42 Å². The van der Waals surface area contributed by atoms with Crippen molar-refractivity contribution in [2.75, 3.05) is 9.80 Å². The molecule has 3 nitrogen and oxygen atoms in total. The van der Waals surface area contributed by atoms with Crippen molar-refractivity contribution in [1.82, 2.24) is 0 Å². The highest BCUT2D eigenvalue weighted by atomic mass is 16.3. The van der Waals surface area contributed by atoms with Crippen LogP contribution in [-0.2, 0) is 10.8 Å². The van der Waals surface area contributed by atoms with Crippen molar-refractivity contribution in [2.45, 2.75) is 24.7 Å². The van der Waals surface area contributed by atoms with Crippen LogP contribution in [0.25, 0.3) is 66.1 Å². The summed E-state index contributed by atoms with van der Waals surface area (Å²) in [6, 6.07) is 103. The molecule has 0 radical (unpaired) electrons. The quantitative estimate of drug-likeness (QED) is 0.144. The smallest absolute Gasteiger partial charge is 0.159 e. The van der Waals surface area contributed by atoms with Crippen LogP contribution in [0.4, 0.5) is 34.1 Å². The van der Waals surface area contributed by atoms with Gasteiger partial charge in [-0.25, -0.2) is 0 Å². The van der Waals surface area contributed by atoms with Crippen molar-refractivity contribution >= 4 is 66.8 Å². The minimum Gasteiger partial charge on any atom is -0.454 e. The third kappa shape index (κ3) is 6.83. The van der Waals surface area contributed by atoms with Gasteiger partial charge in [0.05, 0.1) is 11.1 Å². The first-order valence-electron chi connectivity index (χ1n) is 26.7. The number of para-hydroxylation sites is 4. The lowest BCUT2D eigenvalue weighted by atomic mass is 9.67. The van der Waals surface area contributed by atoms with Crippen LogP contribution in [0.3, 0.4) is 0 Å². The van der Waals surface area contributed by atoms with Gasteiger partial charge < -0.3 is 14.2 Å². The third-order valence-corrected chi connectivity index (χ3v) is 16.6. The van der Waals surface area contributed by atoms with E-state index in [2.05, 4.69) is 303 Å². The number of hydrogen-bond donors (Lipinski definition) is 0. The van der Waals surface area contributed by atoms with Crippen LogP contribution in [-0.4, -0.2) is 0 Å². The first-order valence-corrected chi connectivity index (χ1v) is 26.7. The van der Waals surface area contributed by atoms with Crippen molar-refractivity contribution in [3.05, 3.63) is 312 Å². The molecule has 364 valence electrons. The van der Waals surface area contributed by atoms with Crippen LogP contribution in [0.2, 0.25) is 0 Å². The van der Waals surface area contributed by atoms with Gasteiger partial charge in [0.2, 0.25) is 0 Å². The standard InChI is InChI=1S/C74H52N2O/c1-73(2)67-46-50(39-41-62(67)64-42-38-49-22-15-16-31-59(49)71(64)73)51-44-57(75(54-27-11-5-12-28-54)55-29-13-6-14-30-55)47-58(45-51)76(69-36-21-34-65-63-33-18-20-37-70(63)77-72(65)69)56-40-43-61-60-32-17-19-35-66(60)74(68(61)48-56,52-23-7-3-8-24-52)53-25-9-4-10-26-53/h3-48H,1-2H3. The zero-order valence-electron chi connectivity index (χ0n) is 42.9. The maximum Gasteiger partial charge on any atom is 0.159 e. The second-order valence-corrected chi connectivity index (χ2v) is 21.2. The minimum atomic E-state index is -0.605. The number of furan rings is 1. The summed E-state index contributed by atoms with van der Waals surface area (Å²) in [5, 5.41) is 4.74. The molecule has 3 heteroatoms. The van der Waals surface area contributed by atoms with E-state index < -0.39 is 5.41 Å². The van der Waals surface area contributed by atoms with Gasteiger partial charge >= 0.3 is 0 Å². The summed E-state index contributed by atoms with van der Waals surface area (Å²) in [7, 11) is 0. The van der Waals surface area contributed by atoms with Crippen LogP contribution in [0.1, 0.15) is 47.2 Å². The lowest BCUT2D eigenvalue weighted by Crippen LogP contribution is -2.28. The van der Waals surface area contributed by atoms with Crippen molar-refractivity contribution in [1.29, 1.82) is 0 Å². The van der Waals surface area contributed by atoms with Crippen LogP contribution in [0, 0.1) is 0 Å². The highest BCUT2D eigenvalue weighted by molar-refractivity contribution is 6.11. The number of fused-ring (bicyclic) bond motifs is 11. The van der Waals surface area contributed by atoms with Crippen LogP contribution >= 0.6 is 0 Å². The molecule has 1 aromatic heterocycles. The van der Waals surface area contributed by atoms with Gasteiger partial charge in [-0.2, -0.15) is 0 Å². The number of hydrogen-bond acceptors (Lipinski definition) is 3. The Morgan fingerprint density at radius 1 is 0.325 bits per heavy atom. The molecule has 2 aliphatic carbocycles. The highest BCUT2D eigenvalue weighted by Crippen LogP contribution is 2.58. The highest BCUT2D eigenvalue weighted by Gasteiger charge is 2.46. The largest absolute Gasteiger partial charge is 0.454 e. The van der Waals surface area contributed by atoms with E-state index >= 15 is 0 Å². The van der Waals surface area contributed by atoms with Crippen LogP contribution in [0.15, 0.2) is 283 Å². The predicted octanol–water partition coefficient (Wildman–Crippen LogP) is 20.0. The predicted molar refractivity (Wildman–Crippen MR) is 321 cm³/mol. The van der Waals surface area contributed by atoms with Gasteiger partial charge in [-0.15, -0.1) is 0 Å². The molecule has 2 aliphatic rings. The molecular formula is C74H52N2O. The Hall–Kier alpha value is -9.70. The lowest BCUT2D eigenvalue weighted by molar-refractivity contribution is 0.666. The topological polar surface area (TPSA) is 19.6 Å². The summed E-state index contributed by atoms with van der Waals surface area (Å²) in [6.45, 7) is 4.80. The van der Waals surface area contributed by atoms with E-state index in [1.165, 1.54) is 66.4 Å². The summed E-state index contributed by atoms with van der Waals surface area (Å²) in [4.78, 5) is 4.84. The Morgan fingerprint density at radius 3 is 1.61 bits per heavy atom. The first-order chi connectivity index (χ1) is 37.9. The molecule has 0 fully saturated rings. The minimum absolute atomic E-state index is 0.239. The molecule has 0 unspecified atom stereocenters. The van der Waals surface area contributed by atoms with E-state index in [1.54, 1.807) is 0 Å². The average molecular weight is 985 g/mol. The van der Waals surface area contributed by atoms with Gasteiger partial charge in [-0.1, -0.05) is 220 Å². The lowest BCUT2D eigenvalue weighted by Gasteiger charge is -2.35. The number of anilines is 6. The summed E-state index contributed by atoms with van der Waals surface area (Å²) in [5.41, 5.74) is 22.0. The van der Waals surface area contributed by atoms with E-state index in [1.807, 2.05) is 0 Å². The first kappa shape index (κ1) is 44.8. The molecule has 13 aromatic rings. The Balaban J connectivity index is 1.02. The van der Waals surface area contributed by atoms with Crippen LogP contribution in [0.5, 0.6) is 0 Å². The van der Waals surface area contributed by atoms with E-state index in [4.69, 9.17) is 4.42 Å². The van der Waals surface area contributed by atoms with Gasteiger partial charge in [0.25, 0.3) is 0 Å². The van der Waals surface area contributed by atoms with E-state index in [-0.39, 0.29) is 5.41 Å². The van der Waals surface area contributed by atoms with Crippen LogP contribution < -0.4 is 9.80 Å². The summed E-state index contributed by atoms with van der Waals surface area (Å²) in [5.74, 6) is 0. The Morgan fingerprint density at radius 2 is 0.883 bits per heavy atom. The molecule has 12 aromatic carbocycles. The van der Waals surface area contributed by atoms with Crippen molar-refractivity contribution in [3.8, 4) is 33.4 Å². The summed E-state index contributed by atoms with van der Waals surface area (Å²) < 4.78 is 7.04. The van der Waals surface area contributed by atoms with E-state index in [9.17, 15) is 0 Å². The second-order valence-electron chi connectivity index (χ2n) is 21.2.